The number of amides is 2. The number of carbonyl (C=O) groups is 2. The highest BCUT2D eigenvalue weighted by molar-refractivity contribution is 7.09. The lowest BCUT2D eigenvalue weighted by Crippen LogP contribution is -2.50. The van der Waals surface area contributed by atoms with Crippen molar-refractivity contribution >= 4 is 23.2 Å². The van der Waals surface area contributed by atoms with Gasteiger partial charge in [-0.15, -0.1) is 11.3 Å². The molecule has 0 saturated carbocycles. The Morgan fingerprint density at radius 3 is 3.00 bits per heavy atom. The predicted molar refractivity (Wildman–Crippen MR) is 46.0 cm³/mol. The van der Waals surface area contributed by atoms with Crippen LogP contribution in [0.4, 0.5) is 0 Å². The van der Waals surface area contributed by atoms with Gasteiger partial charge in [0.1, 0.15) is 6.04 Å². The fourth-order valence-electron chi connectivity index (χ4n) is 1.14. The van der Waals surface area contributed by atoms with Crippen LogP contribution in [0.2, 0.25) is 0 Å². The van der Waals surface area contributed by atoms with E-state index in [9.17, 15) is 9.59 Å². The Bertz CT molecular complexity index is 336. The highest BCUT2D eigenvalue weighted by Crippen LogP contribution is 2.18. The van der Waals surface area contributed by atoms with Crippen molar-refractivity contribution in [2.75, 3.05) is 6.54 Å². The Morgan fingerprint density at radius 1 is 1.54 bits per heavy atom. The first kappa shape index (κ1) is 8.33. The number of imide groups is 1. The third-order valence-electron chi connectivity index (χ3n) is 1.73. The highest BCUT2D eigenvalue weighted by Gasteiger charge is 2.27. The fraction of sp³-hybridized carbons (Fsp3) is 0.286. The van der Waals surface area contributed by atoms with Crippen molar-refractivity contribution in [1.29, 1.82) is 0 Å². The second-order valence-corrected chi connectivity index (χ2v) is 3.55. The van der Waals surface area contributed by atoms with Gasteiger partial charge in [-0.05, 0) is 0 Å². The van der Waals surface area contributed by atoms with Gasteiger partial charge in [0.25, 0.3) is 0 Å². The van der Waals surface area contributed by atoms with Crippen molar-refractivity contribution in [2.45, 2.75) is 6.04 Å². The molecular weight excluding hydrogens is 190 g/mol. The Balaban J connectivity index is 2.17. The van der Waals surface area contributed by atoms with E-state index in [0.717, 1.165) is 4.88 Å². The maximum atomic E-state index is 11.3. The standard InChI is InChI=1S/C7H7N3O2S/c11-5-2-9-6(7(12)10-5)4-1-8-3-13-4/h1,3,6,9H,2H2,(H,10,11,12). The van der Waals surface area contributed by atoms with E-state index in [-0.39, 0.29) is 18.4 Å². The first-order valence-electron chi connectivity index (χ1n) is 3.73. The molecule has 1 aromatic rings. The Labute approximate surface area is 78.2 Å². The van der Waals surface area contributed by atoms with E-state index in [1.807, 2.05) is 0 Å². The monoisotopic (exact) mass is 197 g/mol. The van der Waals surface area contributed by atoms with Crippen LogP contribution in [0.15, 0.2) is 11.7 Å². The number of rotatable bonds is 1. The number of piperazine rings is 1. The molecule has 2 N–H and O–H groups in total. The van der Waals surface area contributed by atoms with Gasteiger partial charge in [-0.1, -0.05) is 0 Å². The molecule has 2 heterocycles. The second-order valence-electron chi connectivity index (χ2n) is 2.63. The maximum Gasteiger partial charge on any atom is 0.249 e. The summed E-state index contributed by atoms with van der Waals surface area (Å²) in [6.45, 7) is 0.175. The van der Waals surface area contributed by atoms with Gasteiger partial charge in [-0.2, -0.15) is 0 Å². The minimum atomic E-state index is -0.426. The van der Waals surface area contributed by atoms with Gasteiger partial charge in [0, 0.05) is 6.20 Å². The zero-order chi connectivity index (χ0) is 9.26. The quantitative estimate of drug-likeness (QED) is 0.591. The van der Waals surface area contributed by atoms with Crippen molar-refractivity contribution in [3.05, 3.63) is 16.6 Å². The molecule has 0 spiro atoms. The molecule has 68 valence electrons. The van der Waals surface area contributed by atoms with Gasteiger partial charge >= 0.3 is 0 Å². The smallest absolute Gasteiger partial charge is 0.249 e. The van der Waals surface area contributed by atoms with Crippen LogP contribution in [0.25, 0.3) is 0 Å². The zero-order valence-corrected chi connectivity index (χ0v) is 7.43. The number of hydrogen-bond acceptors (Lipinski definition) is 5. The van der Waals surface area contributed by atoms with Crippen LogP contribution >= 0.6 is 11.3 Å². The third-order valence-corrected chi connectivity index (χ3v) is 2.57. The Morgan fingerprint density at radius 2 is 2.38 bits per heavy atom. The van der Waals surface area contributed by atoms with E-state index in [1.165, 1.54) is 11.3 Å². The first-order chi connectivity index (χ1) is 6.27. The number of nitrogens with one attached hydrogen (secondary N) is 2. The molecule has 5 nitrogen and oxygen atoms in total. The van der Waals surface area contributed by atoms with E-state index in [0.29, 0.717) is 0 Å². The summed E-state index contributed by atoms with van der Waals surface area (Å²) in [6, 6.07) is -0.426. The van der Waals surface area contributed by atoms with Crippen molar-refractivity contribution in [3.63, 3.8) is 0 Å². The molecule has 2 amide bonds. The number of hydrogen-bond donors (Lipinski definition) is 2. The van der Waals surface area contributed by atoms with Gasteiger partial charge in [0.2, 0.25) is 11.8 Å². The second kappa shape index (κ2) is 3.23. The zero-order valence-electron chi connectivity index (χ0n) is 6.61. The molecule has 2 rings (SSSR count). The molecule has 0 bridgehead atoms. The lowest BCUT2D eigenvalue weighted by Gasteiger charge is -2.20. The number of carbonyl (C=O) groups excluding carboxylic acids is 2. The van der Waals surface area contributed by atoms with Crippen molar-refractivity contribution < 1.29 is 9.59 Å². The molecule has 1 aromatic heterocycles. The largest absolute Gasteiger partial charge is 0.294 e. The summed E-state index contributed by atoms with van der Waals surface area (Å²) in [5.74, 6) is -0.591. The highest BCUT2D eigenvalue weighted by atomic mass is 32.1. The molecule has 0 aliphatic carbocycles. The van der Waals surface area contributed by atoms with Crippen LogP contribution in [-0.2, 0) is 9.59 Å². The minimum absolute atomic E-state index is 0.175. The molecule has 0 aromatic carbocycles. The molecule has 1 aliphatic rings. The number of aromatic nitrogens is 1. The molecule has 1 fully saturated rings. The minimum Gasteiger partial charge on any atom is -0.294 e. The summed E-state index contributed by atoms with van der Waals surface area (Å²) in [5, 5.41) is 5.09. The average molecular weight is 197 g/mol. The summed E-state index contributed by atoms with van der Waals surface area (Å²) in [4.78, 5) is 26.8. The van der Waals surface area contributed by atoms with E-state index in [2.05, 4.69) is 15.6 Å². The average Bonchev–Trinajstić information content (AvgIpc) is 2.56. The van der Waals surface area contributed by atoms with Crippen molar-refractivity contribution in [2.24, 2.45) is 0 Å². The van der Waals surface area contributed by atoms with Gasteiger partial charge in [-0.3, -0.25) is 25.2 Å². The predicted octanol–water partition coefficient (Wildman–Crippen LogP) is -0.570. The molecule has 1 unspecified atom stereocenters. The topological polar surface area (TPSA) is 71.1 Å². The van der Waals surface area contributed by atoms with Crippen LogP contribution in [0, 0.1) is 0 Å². The summed E-state index contributed by atoms with van der Waals surface area (Å²) in [7, 11) is 0. The molecule has 1 saturated heterocycles. The van der Waals surface area contributed by atoms with Crippen LogP contribution in [-0.4, -0.2) is 23.3 Å². The van der Waals surface area contributed by atoms with Gasteiger partial charge in [-0.25, -0.2) is 0 Å². The summed E-state index contributed by atoms with van der Waals surface area (Å²) < 4.78 is 0. The number of thiazole rings is 1. The first-order valence-corrected chi connectivity index (χ1v) is 4.61. The Kier molecular flexibility index (Phi) is 2.07. The fourth-order valence-corrected chi connectivity index (χ4v) is 1.83. The van der Waals surface area contributed by atoms with Gasteiger partial charge in [0.05, 0.1) is 16.9 Å². The van der Waals surface area contributed by atoms with E-state index in [4.69, 9.17) is 0 Å². The van der Waals surface area contributed by atoms with Gasteiger partial charge < -0.3 is 0 Å². The lowest BCUT2D eigenvalue weighted by atomic mass is 10.2. The lowest BCUT2D eigenvalue weighted by molar-refractivity contribution is -0.134. The summed E-state index contributed by atoms with van der Waals surface area (Å²) in [5.41, 5.74) is 1.65. The van der Waals surface area contributed by atoms with E-state index < -0.39 is 6.04 Å². The van der Waals surface area contributed by atoms with Crippen LogP contribution in [0.5, 0.6) is 0 Å². The van der Waals surface area contributed by atoms with E-state index in [1.54, 1.807) is 11.7 Å². The molecule has 1 atom stereocenters. The molecule has 0 radical (unpaired) electrons. The van der Waals surface area contributed by atoms with Crippen LogP contribution < -0.4 is 10.6 Å². The molecule has 6 heteroatoms. The normalized spacial score (nSPS) is 22.9. The van der Waals surface area contributed by atoms with E-state index >= 15 is 0 Å². The molecular formula is C7H7N3O2S. The molecule has 1 aliphatic heterocycles. The number of nitrogens with zero attached hydrogens (tertiary/aromatic N) is 1. The summed E-state index contributed by atoms with van der Waals surface area (Å²) in [6.07, 6.45) is 1.62. The van der Waals surface area contributed by atoms with Gasteiger partial charge in [0.15, 0.2) is 0 Å². The third kappa shape index (κ3) is 1.58. The maximum absolute atomic E-state index is 11.3. The Hall–Kier alpha value is -1.27. The van der Waals surface area contributed by atoms with Crippen LogP contribution in [0.1, 0.15) is 10.9 Å². The molecule has 13 heavy (non-hydrogen) atoms. The summed E-state index contributed by atoms with van der Waals surface area (Å²) >= 11 is 1.39. The van der Waals surface area contributed by atoms with Crippen molar-refractivity contribution in [1.82, 2.24) is 15.6 Å². The SMILES string of the molecule is O=C1CNC(c2cncs2)C(=O)N1. The van der Waals surface area contributed by atoms with Crippen LogP contribution in [0.3, 0.4) is 0 Å². The van der Waals surface area contributed by atoms with Crippen molar-refractivity contribution in [3.8, 4) is 0 Å².